The quantitative estimate of drug-likeness (QED) is 0.0888. The van der Waals surface area contributed by atoms with Crippen LogP contribution >= 0.6 is 11.3 Å². The van der Waals surface area contributed by atoms with E-state index >= 15 is 0 Å². The maximum atomic E-state index is 14.2. The second kappa shape index (κ2) is 19.3. The number of nitrogens with zero attached hydrogens (tertiary/aromatic N) is 1. The number of thiazole rings is 1. The topological polar surface area (TPSA) is 3.88 Å². The Hall–Kier alpha value is -6.48. The fraction of sp³-hybridized carbons (Fsp3) is 0.196. The van der Waals surface area contributed by atoms with E-state index < -0.39 is 195 Å². The van der Waals surface area contributed by atoms with Crippen molar-refractivity contribution in [3.63, 3.8) is 0 Å². The van der Waals surface area contributed by atoms with Gasteiger partial charge in [-0.1, -0.05) is 84.1 Å². The summed E-state index contributed by atoms with van der Waals surface area (Å²) >= 11 is 1.68. The summed E-state index contributed by atoms with van der Waals surface area (Å²) < 4.78 is 358. The van der Waals surface area contributed by atoms with Gasteiger partial charge in [0.2, 0.25) is 11.0 Å². The Balaban J connectivity index is 0.000000436. The molecular weight excluding hydrogens is 1080 g/mol. The van der Waals surface area contributed by atoms with E-state index in [1.165, 1.54) is 10.8 Å². The lowest BCUT2D eigenvalue weighted by Crippen LogP contribution is -2.75. The lowest BCUT2D eigenvalue weighted by molar-refractivity contribution is -0.658. The van der Waals surface area contributed by atoms with E-state index in [-0.39, 0.29) is 5.82 Å². The highest BCUT2D eigenvalue weighted by atomic mass is 32.1. The molecule has 0 aliphatic rings. The molecule has 7 rings (SSSR count). The third-order valence-corrected chi connectivity index (χ3v) is 12.2. The van der Waals surface area contributed by atoms with Crippen LogP contribution in [0.2, 0.25) is 0 Å². The predicted octanol–water partition coefficient (Wildman–Crippen LogP) is 14.6. The van der Waals surface area contributed by atoms with Crippen LogP contribution in [-0.2, 0) is 56.0 Å². The third-order valence-electron chi connectivity index (χ3n) is 11.2. The monoisotopic (exact) mass is 1110 g/mol. The first-order chi connectivity index (χ1) is 33.6. The van der Waals surface area contributed by atoms with Gasteiger partial charge >= 0.3 is 49.4 Å². The first-order valence-electron chi connectivity index (χ1n) is 20.1. The number of benzene rings is 6. The summed E-state index contributed by atoms with van der Waals surface area (Å²) in [5.41, 5.74) is -26.3. The lowest BCUT2D eigenvalue weighted by atomic mass is 9.12. The fourth-order valence-corrected chi connectivity index (χ4v) is 8.87. The summed E-state index contributed by atoms with van der Waals surface area (Å²) in [6, 6.07) is 6.28. The molecule has 1 aromatic heterocycles. The molecule has 74 heavy (non-hydrogen) atoms. The zero-order valence-corrected chi connectivity index (χ0v) is 36.5. The Bertz CT molecular complexity index is 2730. The molecule has 0 saturated carbocycles. The lowest BCUT2D eigenvalue weighted by Gasteiger charge is -2.46. The van der Waals surface area contributed by atoms with Gasteiger partial charge in [-0.3, -0.25) is 0 Å². The number of hydrogen-bond acceptors (Lipinski definition) is 1. The zero-order chi connectivity index (χ0) is 55.6. The van der Waals surface area contributed by atoms with Crippen LogP contribution < -0.4 is 26.4 Å². The molecule has 0 spiro atoms. The molecule has 6 aromatic carbocycles. The van der Waals surface area contributed by atoms with Crippen molar-refractivity contribution >= 4 is 49.6 Å². The Morgan fingerprint density at radius 1 is 0.338 bits per heavy atom. The number of para-hydroxylation sites is 1. The molecule has 0 bridgehead atoms. The smallest absolute Gasteiger partial charge is 0.206 e. The van der Waals surface area contributed by atoms with Crippen molar-refractivity contribution in [2.24, 2.45) is 0 Å². The number of aromatic nitrogens is 1. The number of hydrogen-bond donors (Lipinski definition) is 0. The van der Waals surface area contributed by atoms with Crippen LogP contribution in [0.25, 0.3) is 10.2 Å². The van der Waals surface area contributed by atoms with E-state index in [1.807, 2.05) is 29.8 Å². The van der Waals surface area contributed by atoms with Crippen molar-refractivity contribution in [1.82, 2.24) is 0 Å². The molecule has 396 valence electrons. The van der Waals surface area contributed by atoms with Crippen molar-refractivity contribution in [1.29, 1.82) is 0 Å². The summed E-state index contributed by atoms with van der Waals surface area (Å²) in [6.07, 6.45) is -54.8. The van der Waals surface area contributed by atoms with Gasteiger partial charge in [-0.15, -0.1) is 0 Å². The zero-order valence-electron chi connectivity index (χ0n) is 35.7. The molecule has 0 N–H and O–H groups in total. The maximum Gasteiger partial charge on any atom is 0.416 e. The van der Waals surface area contributed by atoms with Gasteiger partial charge in [0.05, 0.1) is 50.1 Å². The molecular formula is C46H23BF25NS. The van der Waals surface area contributed by atoms with E-state index in [2.05, 4.69) is 16.7 Å². The number of alkyl halides is 24. The Labute approximate surface area is 402 Å². The molecule has 1 nitrogen and oxygen atoms in total. The Morgan fingerprint density at radius 2 is 0.595 bits per heavy atom. The number of rotatable bonds is 6. The summed E-state index contributed by atoms with van der Waals surface area (Å²) in [7, 11) is 0. The van der Waals surface area contributed by atoms with Crippen molar-refractivity contribution in [2.45, 2.75) is 56.0 Å². The van der Waals surface area contributed by atoms with Crippen LogP contribution in [-0.4, -0.2) is 6.15 Å². The van der Waals surface area contributed by atoms with E-state index in [0.29, 0.717) is 6.54 Å². The molecule has 28 heteroatoms. The molecule has 1 heterocycles. The van der Waals surface area contributed by atoms with Gasteiger partial charge in [0, 0.05) is 6.07 Å². The maximum absolute atomic E-state index is 14.2. The van der Waals surface area contributed by atoms with Gasteiger partial charge in [-0.05, 0) is 42.5 Å². The molecule has 0 fully saturated rings. The van der Waals surface area contributed by atoms with Crippen LogP contribution in [0.15, 0.2) is 127 Å². The minimum Gasteiger partial charge on any atom is -0.206 e. The summed E-state index contributed by atoms with van der Waals surface area (Å²) in [5.74, 6) is -0.143. The van der Waals surface area contributed by atoms with Crippen LogP contribution in [0.5, 0.6) is 0 Å². The van der Waals surface area contributed by atoms with Crippen molar-refractivity contribution in [3.8, 4) is 0 Å². The van der Waals surface area contributed by atoms with Crippen molar-refractivity contribution < 1.29 is 114 Å². The van der Waals surface area contributed by atoms with Gasteiger partial charge in [0.1, 0.15) is 16.7 Å². The van der Waals surface area contributed by atoms with E-state index in [1.54, 1.807) is 17.4 Å². The van der Waals surface area contributed by atoms with Gasteiger partial charge in [-0.25, -0.2) is 4.39 Å². The van der Waals surface area contributed by atoms with Crippen LogP contribution in [0.1, 0.15) is 50.1 Å². The van der Waals surface area contributed by atoms with Gasteiger partial charge in [0.15, 0.2) is 6.54 Å². The van der Waals surface area contributed by atoms with Gasteiger partial charge in [-0.2, -0.15) is 132 Å². The highest BCUT2D eigenvalue weighted by Gasteiger charge is 2.47. The highest BCUT2D eigenvalue weighted by molar-refractivity contribution is 7.20. The summed E-state index contributed by atoms with van der Waals surface area (Å²) in [4.78, 5) is 0. The van der Waals surface area contributed by atoms with E-state index in [9.17, 15) is 110 Å². The first kappa shape index (κ1) is 56.8. The standard InChI is InChI=1S/C32H12BF24.C14H11FNS/c34-25(35,36)13-1-14(26(37,38)39)6-21(5-13)33(22-7-15(27(40,41)42)2-16(8-22)28(43,44)45,23-9-17(29(46,47)48)3-18(10-23)30(49,50)51)24-11-19(31(52,53)54)4-20(12-24)32(55,56)57;15-12-6-2-1-5-11(12)9-16-10-17-14-8-4-3-7-13(14)16/h1-12H;1-8,10H,9H2/q-1;+1. The van der Waals surface area contributed by atoms with Crippen LogP contribution in [0.4, 0.5) is 110 Å². The average molecular weight is 1110 g/mol. The Morgan fingerprint density at radius 3 is 0.865 bits per heavy atom. The van der Waals surface area contributed by atoms with Crippen molar-refractivity contribution in [2.75, 3.05) is 0 Å². The summed E-state index contributed by atoms with van der Waals surface area (Å²) in [5, 5.41) is 0. The van der Waals surface area contributed by atoms with Gasteiger partial charge < -0.3 is 0 Å². The average Bonchev–Trinajstić information content (AvgIpc) is 3.67. The molecule has 0 aliphatic heterocycles. The molecule has 0 radical (unpaired) electrons. The molecule has 0 saturated heterocycles. The normalized spacial score (nSPS) is 13.5. The van der Waals surface area contributed by atoms with E-state index in [0.717, 1.165) is 11.1 Å². The number of fused-ring (bicyclic) bond motifs is 1. The van der Waals surface area contributed by atoms with Crippen molar-refractivity contribution in [3.05, 3.63) is 183 Å². The minimum absolute atomic E-state index is 0.143. The first-order valence-corrected chi connectivity index (χ1v) is 20.9. The van der Waals surface area contributed by atoms with Crippen LogP contribution in [0, 0.1) is 5.82 Å². The third kappa shape index (κ3) is 12.4. The molecule has 0 atom stereocenters. The SMILES string of the molecule is FC(F)(F)c1cc([B-](c2cc(C(F)(F)F)cc(C(F)(F)F)c2)(c2cc(C(F)(F)F)cc(C(F)(F)F)c2)c2cc(C(F)(F)F)cc(C(F)(F)F)c2)cc(C(F)(F)F)c1.Fc1ccccc1C[n+]1csc2ccccc21. The highest BCUT2D eigenvalue weighted by Crippen LogP contribution is 2.41. The molecule has 0 amide bonds. The van der Waals surface area contributed by atoms with Crippen LogP contribution in [0.3, 0.4) is 0 Å². The Kier molecular flexibility index (Phi) is 14.8. The van der Waals surface area contributed by atoms with E-state index in [4.69, 9.17) is 0 Å². The molecule has 7 aromatic rings. The molecule has 0 unspecified atom stereocenters. The minimum atomic E-state index is -6.13. The predicted molar refractivity (Wildman–Crippen MR) is 218 cm³/mol. The second-order valence-electron chi connectivity index (χ2n) is 16.1. The van der Waals surface area contributed by atoms with Gasteiger partial charge in [0.25, 0.3) is 0 Å². The fourth-order valence-electron chi connectivity index (χ4n) is 7.97. The summed E-state index contributed by atoms with van der Waals surface area (Å²) in [6.45, 7) is 0.580. The molecule has 0 aliphatic carbocycles. The largest absolute Gasteiger partial charge is 0.416 e. The number of halogens is 25. The second-order valence-corrected chi connectivity index (χ2v) is 17.0.